The van der Waals surface area contributed by atoms with E-state index in [2.05, 4.69) is 36.2 Å². The van der Waals surface area contributed by atoms with E-state index < -0.39 is 11.9 Å². The lowest BCUT2D eigenvalue weighted by Gasteiger charge is -2.34. The maximum Gasteiger partial charge on any atom is 0.407 e. The average molecular weight is 513 g/mol. The summed E-state index contributed by atoms with van der Waals surface area (Å²) in [5.74, 6) is 1.13. The van der Waals surface area contributed by atoms with E-state index in [-0.39, 0.29) is 21.0 Å². The molecule has 12 heteroatoms. The van der Waals surface area contributed by atoms with Gasteiger partial charge >= 0.3 is 6.09 Å². The van der Waals surface area contributed by atoms with Crippen LogP contribution in [0, 0.1) is 12.7 Å². The van der Waals surface area contributed by atoms with Gasteiger partial charge in [0.05, 0.1) is 9.50 Å². The minimum absolute atomic E-state index is 0.141. The van der Waals surface area contributed by atoms with E-state index in [4.69, 9.17) is 11.6 Å². The highest BCUT2D eigenvalue weighted by Gasteiger charge is 2.25. The van der Waals surface area contributed by atoms with Crippen LogP contribution in [-0.2, 0) is 6.54 Å². The molecule has 3 heterocycles. The third kappa shape index (κ3) is 4.38. The van der Waals surface area contributed by atoms with Crippen LogP contribution in [-0.4, -0.2) is 68.3 Å². The number of piperazine rings is 1. The lowest BCUT2D eigenvalue weighted by atomic mass is 10.2. The van der Waals surface area contributed by atoms with E-state index in [1.807, 2.05) is 22.6 Å². The van der Waals surface area contributed by atoms with E-state index in [0.29, 0.717) is 50.5 Å². The second kappa shape index (κ2) is 8.83. The molecule has 1 fully saturated rings. The first kappa shape index (κ1) is 21.6. The molecule has 164 valence electrons. The van der Waals surface area contributed by atoms with Crippen molar-refractivity contribution in [3.8, 4) is 0 Å². The zero-order valence-corrected chi connectivity index (χ0v) is 19.0. The molecule has 1 saturated heterocycles. The normalized spacial score (nSPS) is 14.3. The first-order chi connectivity index (χ1) is 14.8. The van der Waals surface area contributed by atoms with Gasteiger partial charge in [-0.2, -0.15) is 4.98 Å². The van der Waals surface area contributed by atoms with Crippen molar-refractivity contribution in [1.29, 1.82) is 0 Å². The maximum atomic E-state index is 15.0. The summed E-state index contributed by atoms with van der Waals surface area (Å²) in [5.41, 5.74) is 0.142. The molecule has 4 rings (SSSR count). The summed E-state index contributed by atoms with van der Waals surface area (Å²) in [6.45, 7) is 4.60. The number of rotatable bonds is 5. The molecule has 9 nitrogen and oxygen atoms in total. The van der Waals surface area contributed by atoms with Gasteiger partial charge in [-0.05, 0) is 28.9 Å². The number of benzene rings is 1. The molecule has 3 aromatic rings. The van der Waals surface area contributed by atoms with E-state index in [0.717, 1.165) is 5.82 Å². The van der Waals surface area contributed by atoms with Crippen LogP contribution in [0.2, 0.25) is 5.02 Å². The number of nitrogens with one attached hydrogen (secondary N) is 1. The van der Waals surface area contributed by atoms with Crippen LogP contribution in [0.5, 0.6) is 0 Å². The second-order valence-electron chi connectivity index (χ2n) is 7.10. The highest BCUT2D eigenvalue weighted by atomic mass is 79.9. The van der Waals surface area contributed by atoms with Crippen molar-refractivity contribution >= 4 is 56.3 Å². The number of aryl methyl sites for hydroxylation is 1. The summed E-state index contributed by atoms with van der Waals surface area (Å²) >= 11 is 9.37. The van der Waals surface area contributed by atoms with Crippen LogP contribution in [0.15, 0.2) is 22.9 Å². The van der Waals surface area contributed by atoms with Gasteiger partial charge < -0.3 is 24.8 Å². The first-order valence-corrected chi connectivity index (χ1v) is 10.8. The standard InChI is InChI=1S/C19H20BrClFN7O2/c1-11-23-2-4-27(11)5-3-24-18-25-16-12(10-13(21)14(20)15(16)22)17(26-18)28-6-8-29(9-7-28)19(30)31/h2,4,10H,3,5-9H2,1H3,(H,30,31)(H,24,25,26). The summed E-state index contributed by atoms with van der Waals surface area (Å²) in [7, 11) is 0. The van der Waals surface area contributed by atoms with Gasteiger partial charge in [0.25, 0.3) is 0 Å². The van der Waals surface area contributed by atoms with Gasteiger partial charge in [0.1, 0.15) is 17.2 Å². The molecule has 0 spiro atoms. The molecule has 0 radical (unpaired) electrons. The van der Waals surface area contributed by atoms with Crippen LogP contribution in [0.25, 0.3) is 10.9 Å². The first-order valence-electron chi connectivity index (χ1n) is 9.65. The number of halogens is 3. The van der Waals surface area contributed by atoms with Crippen LogP contribution in [0.4, 0.5) is 21.0 Å². The molecule has 1 aromatic carbocycles. The van der Waals surface area contributed by atoms with Gasteiger partial charge in [-0.15, -0.1) is 0 Å². The van der Waals surface area contributed by atoms with Crippen molar-refractivity contribution in [1.82, 2.24) is 24.4 Å². The molecule has 31 heavy (non-hydrogen) atoms. The van der Waals surface area contributed by atoms with E-state index in [1.165, 1.54) is 4.90 Å². The zero-order chi connectivity index (χ0) is 22.1. The molecule has 1 aliphatic heterocycles. The van der Waals surface area contributed by atoms with Gasteiger partial charge in [-0.1, -0.05) is 11.6 Å². The minimum atomic E-state index is -0.956. The zero-order valence-electron chi connectivity index (χ0n) is 16.6. The Kier molecular flexibility index (Phi) is 6.15. The van der Waals surface area contributed by atoms with Crippen LogP contribution < -0.4 is 10.2 Å². The number of fused-ring (bicyclic) bond motifs is 1. The fraction of sp³-hybridized carbons (Fsp3) is 0.368. The summed E-state index contributed by atoms with van der Waals surface area (Å²) in [6, 6.07) is 1.63. The fourth-order valence-electron chi connectivity index (χ4n) is 3.51. The highest BCUT2D eigenvalue weighted by Crippen LogP contribution is 2.36. The van der Waals surface area contributed by atoms with Crippen molar-refractivity contribution in [2.75, 3.05) is 42.9 Å². The predicted molar refractivity (Wildman–Crippen MR) is 119 cm³/mol. The van der Waals surface area contributed by atoms with Crippen molar-refractivity contribution < 1.29 is 14.3 Å². The van der Waals surface area contributed by atoms with E-state index >= 15 is 0 Å². The molecule has 0 aliphatic carbocycles. The topological polar surface area (TPSA) is 99.4 Å². The molecule has 0 bridgehead atoms. The van der Waals surface area contributed by atoms with Gasteiger partial charge in [0, 0.05) is 57.0 Å². The Hall–Kier alpha value is -2.66. The molecule has 0 saturated carbocycles. The van der Waals surface area contributed by atoms with Crippen molar-refractivity contribution in [3.63, 3.8) is 0 Å². The molecule has 1 aliphatic rings. The fourth-order valence-corrected chi connectivity index (χ4v) is 4.01. The predicted octanol–water partition coefficient (Wildman–Crippen LogP) is 3.60. The Morgan fingerprint density at radius 2 is 2.06 bits per heavy atom. The number of carboxylic acid groups (broad SMARTS) is 1. The Balaban J connectivity index is 1.66. The minimum Gasteiger partial charge on any atom is -0.465 e. The van der Waals surface area contributed by atoms with Gasteiger partial charge in [-0.25, -0.2) is 19.2 Å². The lowest BCUT2D eigenvalue weighted by molar-refractivity contribution is 0.142. The Morgan fingerprint density at radius 1 is 1.32 bits per heavy atom. The number of carbonyl (C=O) groups is 1. The Bertz CT molecular complexity index is 1130. The molecular formula is C19H20BrClFN7O2. The van der Waals surface area contributed by atoms with Crippen LogP contribution in [0.3, 0.4) is 0 Å². The Labute approximate surface area is 191 Å². The monoisotopic (exact) mass is 511 g/mol. The number of amides is 1. The van der Waals surface area contributed by atoms with Gasteiger partial charge in [0.15, 0.2) is 5.82 Å². The molecule has 0 atom stereocenters. The molecule has 2 N–H and O–H groups in total. The molecule has 2 aromatic heterocycles. The number of nitrogens with zero attached hydrogens (tertiary/aromatic N) is 6. The summed E-state index contributed by atoms with van der Waals surface area (Å²) in [4.78, 5) is 27.7. The second-order valence-corrected chi connectivity index (χ2v) is 8.30. The molecule has 1 amide bonds. The van der Waals surface area contributed by atoms with Crippen molar-refractivity contribution in [2.24, 2.45) is 0 Å². The molecule has 0 unspecified atom stereocenters. The maximum absolute atomic E-state index is 15.0. The van der Waals surface area contributed by atoms with E-state index in [9.17, 15) is 14.3 Å². The van der Waals surface area contributed by atoms with Crippen molar-refractivity contribution in [2.45, 2.75) is 13.5 Å². The number of hydrogen-bond acceptors (Lipinski definition) is 6. The smallest absolute Gasteiger partial charge is 0.407 e. The summed E-state index contributed by atoms with van der Waals surface area (Å²) < 4.78 is 17.1. The largest absolute Gasteiger partial charge is 0.465 e. The number of imidazole rings is 1. The summed E-state index contributed by atoms with van der Waals surface area (Å²) in [6.07, 6.45) is 2.65. The number of anilines is 2. The SMILES string of the molecule is Cc1nccn1CCNc1nc(N2CCN(C(=O)O)CC2)c2cc(Cl)c(Br)c(F)c2n1. The highest BCUT2D eigenvalue weighted by molar-refractivity contribution is 9.10. The summed E-state index contributed by atoms with van der Waals surface area (Å²) in [5, 5.41) is 13.1. The lowest BCUT2D eigenvalue weighted by Crippen LogP contribution is -2.48. The third-order valence-corrected chi connectivity index (χ3v) is 6.52. The third-order valence-electron chi connectivity index (χ3n) is 5.22. The number of hydrogen-bond donors (Lipinski definition) is 2. The quantitative estimate of drug-likeness (QED) is 0.504. The van der Waals surface area contributed by atoms with Crippen LogP contribution >= 0.6 is 27.5 Å². The van der Waals surface area contributed by atoms with Crippen molar-refractivity contribution in [3.05, 3.63) is 39.6 Å². The van der Waals surface area contributed by atoms with Gasteiger partial charge in [-0.3, -0.25) is 0 Å². The number of aromatic nitrogens is 4. The van der Waals surface area contributed by atoms with Crippen LogP contribution in [0.1, 0.15) is 5.82 Å². The Morgan fingerprint density at radius 3 is 2.71 bits per heavy atom. The molecular weight excluding hydrogens is 493 g/mol. The average Bonchev–Trinajstić information content (AvgIpc) is 3.17. The van der Waals surface area contributed by atoms with Gasteiger partial charge in [0.2, 0.25) is 5.95 Å². The van der Waals surface area contributed by atoms with E-state index in [1.54, 1.807) is 12.3 Å².